The van der Waals surface area contributed by atoms with Crippen LogP contribution in [0.1, 0.15) is 12.8 Å². The molecule has 2 saturated heterocycles. The van der Waals surface area contributed by atoms with Crippen molar-refractivity contribution in [2.75, 3.05) is 50.1 Å². The Balaban J connectivity index is 1.38. The number of nitrogens with one attached hydrogen (secondary N) is 2. The summed E-state index contributed by atoms with van der Waals surface area (Å²) >= 11 is 0. The Morgan fingerprint density at radius 1 is 1.06 bits per heavy atom. The molecule has 2 aliphatic rings. The topological polar surface area (TPSA) is 112 Å². The lowest BCUT2D eigenvalue weighted by Gasteiger charge is -2.29. The standard InChI is InChI=1S/C20H24F2N6O4/c21-14-10-17(26-28-5-7-31-8-6-28)15(22)9-16(14)25-18-11-19(24-12-23-18)32-13-1-3-27(4-2-13)20(29)30/h9-13,26H,1-8H2,(H,29,30)(H,23,24,25). The molecule has 2 fully saturated rings. The zero-order valence-electron chi connectivity index (χ0n) is 17.3. The Morgan fingerprint density at radius 2 is 1.75 bits per heavy atom. The summed E-state index contributed by atoms with van der Waals surface area (Å²) in [5, 5.41) is 13.5. The average molecular weight is 450 g/mol. The Bertz CT molecular complexity index is 952. The summed E-state index contributed by atoms with van der Waals surface area (Å²) < 4.78 is 40.2. The summed E-state index contributed by atoms with van der Waals surface area (Å²) in [4.78, 5) is 20.4. The van der Waals surface area contributed by atoms with E-state index in [0.29, 0.717) is 52.2 Å². The van der Waals surface area contributed by atoms with Crippen molar-refractivity contribution in [3.8, 4) is 5.88 Å². The van der Waals surface area contributed by atoms with E-state index >= 15 is 0 Å². The van der Waals surface area contributed by atoms with Crippen LogP contribution in [0.4, 0.5) is 30.8 Å². The Hall–Kier alpha value is -3.25. The van der Waals surface area contributed by atoms with Gasteiger partial charge in [-0.3, -0.25) is 0 Å². The van der Waals surface area contributed by atoms with Gasteiger partial charge in [0.15, 0.2) is 0 Å². The molecule has 3 N–H and O–H groups in total. The molecule has 172 valence electrons. The molecule has 3 heterocycles. The van der Waals surface area contributed by atoms with E-state index in [2.05, 4.69) is 20.7 Å². The summed E-state index contributed by atoms with van der Waals surface area (Å²) in [6, 6.07) is 3.63. The predicted octanol–water partition coefficient (Wildman–Crippen LogP) is 2.68. The van der Waals surface area contributed by atoms with E-state index in [1.54, 1.807) is 5.01 Å². The van der Waals surface area contributed by atoms with Crippen molar-refractivity contribution in [1.82, 2.24) is 19.9 Å². The Labute approximate surface area is 183 Å². The van der Waals surface area contributed by atoms with Gasteiger partial charge in [0, 0.05) is 57.2 Å². The number of piperidine rings is 1. The number of amides is 1. The first kappa shape index (κ1) is 22.0. The minimum absolute atomic E-state index is 0.0364. The van der Waals surface area contributed by atoms with Crippen LogP contribution >= 0.6 is 0 Å². The van der Waals surface area contributed by atoms with E-state index < -0.39 is 17.7 Å². The van der Waals surface area contributed by atoms with E-state index in [1.807, 2.05) is 0 Å². The number of rotatable bonds is 6. The maximum atomic E-state index is 14.6. The number of hydrogen-bond donors (Lipinski definition) is 3. The van der Waals surface area contributed by atoms with Crippen molar-refractivity contribution in [2.45, 2.75) is 18.9 Å². The van der Waals surface area contributed by atoms with Gasteiger partial charge in [-0.25, -0.2) is 28.6 Å². The highest BCUT2D eigenvalue weighted by Crippen LogP contribution is 2.27. The Kier molecular flexibility index (Phi) is 6.81. The first-order valence-corrected chi connectivity index (χ1v) is 10.3. The summed E-state index contributed by atoms with van der Waals surface area (Å²) in [6.45, 7) is 2.94. The SMILES string of the molecule is O=C(O)N1CCC(Oc2cc(Nc3cc(F)c(NN4CCOCC4)cc3F)ncn2)CC1. The van der Waals surface area contributed by atoms with E-state index in [4.69, 9.17) is 14.6 Å². The smallest absolute Gasteiger partial charge is 0.407 e. The number of aromatic nitrogens is 2. The van der Waals surface area contributed by atoms with Crippen LogP contribution in [0.15, 0.2) is 24.5 Å². The predicted molar refractivity (Wildman–Crippen MR) is 111 cm³/mol. The van der Waals surface area contributed by atoms with Gasteiger partial charge in [-0.15, -0.1) is 0 Å². The molecular weight excluding hydrogens is 426 g/mol. The van der Waals surface area contributed by atoms with Crippen molar-refractivity contribution in [3.05, 3.63) is 36.2 Å². The maximum Gasteiger partial charge on any atom is 0.407 e. The lowest BCUT2D eigenvalue weighted by molar-refractivity contribution is 0.0495. The highest BCUT2D eigenvalue weighted by Gasteiger charge is 2.24. The third kappa shape index (κ3) is 5.51. The van der Waals surface area contributed by atoms with Crippen LogP contribution in [-0.2, 0) is 4.74 Å². The van der Waals surface area contributed by atoms with Crippen molar-refractivity contribution in [1.29, 1.82) is 0 Å². The lowest BCUT2D eigenvalue weighted by atomic mass is 10.1. The molecule has 2 aliphatic heterocycles. The van der Waals surface area contributed by atoms with Crippen molar-refractivity contribution >= 4 is 23.3 Å². The van der Waals surface area contributed by atoms with Crippen LogP contribution in [0.3, 0.4) is 0 Å². The summed E-state index contributed by atoms with van der Waals surface area (Å²) in [5.74, 6) is -0.756. The number of halogens is 2. The minimum Gasteiger partial charge on any atom is -0.474 e. The number of carbonyl (C=O) groups is 1. The van der Waals surface area contributed by atoms with Gasteiger partial charge < -0.3 is 30.2 Å². The monoisotopic (exact) mass is 450 g/mol. The Morgan fingerprint density at radius 3 is 2.47 bits per heavy atom. The summed E-state index contributed by atoms with van der Waals surface area (Å²) in [5.41, 5.74) is 2.83. The highest BCUT2D eigenvalue weighted by atomic mass is 19.1. The third-order valence-corrected chi connectivity index (χ3v) is 5.25. The molecule has 0 unspecified atom stereocenters. The highest BCUT2D eigenvalue weighted by molar-refractivity contribution is 5.65. The molecule has 0 atom stereocenters. The molecule has 1 aromatic heterocycles. The fraction of sp³-hybridized carbons (Fsp3) is 0.450. The van der Waals surface area contributed by atoms with Crippen LogP contribution in [0.5, 0.6) is 5.88 Å². The summed E-state index contributed by atoms with van der Waals surface area (Å²) in [6.07, 6.45) is 1.20. The zero-order valence-corrected chi connectivity index (χ0v) is 17.3. The van der Waals surface area contributed by atoms with Crippen LogP contribution in [-0.4, -0.2) is 76.6 Å². The van der Waals surface area contributed by atoms with E-state index in [1.165, 1.54) is 17.3 Å². The number of morpholine rings is 1. The number of ether oxygens (including phenoxy) is 2. The maximum absolute atomic E-state index is 14.6. The molecule has 1 amide bonds. The van der Waals surface area contributed by atoms with Crippen LogP contribution in [0.25, 0.3) is 0 Å². The number of hydrazine groups is 1. The average Bonchev–Trinajstić information content (AvgIpc) is 2.78. The van der Waals surface area contributed by atoms with Gasteiger partial charge in [-0.1, -0.05) is 0 Å². The second-order valence-electron chi connectivity index (χ2n) is 7.48. The second kappa shape index (κ2) is 9.92. The fourth-order valence-corrected chi connectivity index (χ4v) is 3.52. The third-order valence-electron chi connectivity index (χ3n) is 5.25. The quantitative estimate of drug-likeness (QED) is 0.611. The molecule has 1 aromatic carbocycles. The van der Waals surface area contributed by atoms with Crippen LogP contribution < -0.4 is 15.5 Å². The van der Waals surface area contributed by atoms with Gasteiger partial charge >= 0.3 is 6.09 Å². The second-order valence-corrected chi connectivity index (χ2v) is 7.48. The van der Waals surface area contributed by atoms with Gasteiger partial charge in [0.05, 0.1) is 24.6 Å². The zero-order chi connectivity index (χ0) is 22.5. The number of likely N-dealkylation sites (tertiary alicyclic amines) is 1. The molecule has 2 aromatic rings. The molecule has 0 spiro atoms. The first-order chi connectivity index (χ1) is 15.5. The van der Waals surface area contributed by atoms with Gasteiger partial charge in [0.1, 0.15) is 29.9 Å². The molecule has 0 radical (unpaired) electrons. The molecule has 32 heavy (non-hydrogen) atoms. The molecule has 10 nitrogen and oxygen atoms in total. The molecule has 12 heteroatoms. The lowest BCUT2D eigenvalue weighted by Crippen LogP contribution is -2.41. The fourth-order valence-electron chi connectivity index (χ4n) is 3.52. The molecule has 4 rings (SSSR count). The number of anilines is 3. The number of nitrogens with zero attached hydrogens (tertiary/aromatic N) is 4. The normalized spacial score (nSPS) is 17.8. The summed E-state index contributed by atoms with van der Waals surface area (Å²) in [7, 11) is 0. The van der Waals surface area contributed by atoms with E-state index in [-0.39, 0.29) is 29.2 Å². The van der Waals surface area contributed by atoms with Gasteiger partial charge in [-0.05, 0) is 0 Å². The van der Waals surface area contributed by atoms with Crippen LogP contribution in [0.2, 0.25) is 0 Å². The number of benzene rings is 1. The van der Waals surface area contributed by atoms with Crippen molar-refractivity contribution in [2.24, 2.45) is 0 Å². The van der Waals surface area contributed by atoms with Crippen molar-refractivity contribution in [3.63, 3.8) is 0 Å². The van der Waals surface area contributed by atoms with Crippen LogP contribution in [0, 0.1) is 11.6 Å². The number of carboxylic acid groups (broad SMARTS) is 1. The molecule has 0 bridgehead atoms. The first-order valence-electron chi connectivity index (χ1n) is 10.3. The molecule has 0 aliphatic carbocycles. The molecule has 0 saturated carbocycles. The minimum atomic E-state index is -0.947. The number of hydrogen-bond acceptors (Lipinski definition) is 8. The molecular formula is C20H24F2N6O4. The van der Waals surface area contributed by atoms with E-state index in [9.17, 15) is 13.6 Å². The van der Waals surface area contributed by atoms with Crippen molar-refractivity contribution < 1.29 is 28.2 Å². The largest absolute Gasteiger partial charge is 0.474 e. The van der Waals surface area contributed by atoms with Gasteiger partial charge in [-0.2, -0.15) is 0 Å². The van der Waals surface area contributed by atoms with Gasteiger partial charge in [0.25, 0.3) is 0 Å². The van der Waals surface area contributed by atoms with E-state index in [0.717, 1.165) is 12.1 Å². The van der Waals surface area contributed by atoms with Gasteiger partial charge in [0.2, 0.25) is 5.88 Å².